The number of carbonyl (C=O) groups excluding carboxylic acids is 1. The molecule has 0 saturated carbocycles. The molecule has 0 bridgehead atoms. The number of nitrogens with two attached hydrogens (primary N) is 1. The molecule has 1 saturated heterocycles. The number of anilines is 1. The molecule has 1 aromatic carbocycles. The van der Waals surface area contributed by atoms with E-state index in [1.165, 1.54) is 0 Å². The first-order valence-corrected chi connectivity index (χ1v) is 6.59. The summed E-state index contributed by atoms with van der Waals surface area (Å²) in [5.74, 6) is 0. The Balaban J connectivity index is 1.83. The van der Waals surface area contributed by atoms with Crippen LogP contribution in [0.15, 0.2) is 24.3 Å². The van der Waals surface area contributed by atoms with Gasteiger partial charge in [-0.1, -0.05) is 12.1 Å². The van der Waals surface area contributed by atoms with Gasteiger partial charge in [-0.3, -0.25) is 0 Å². The summed E-state index contributed by atoms with van der Waals surface area (Å²) in [5.41, 5.74) is 7.08. The van der Waals surface area contributed by atoms with Crippen LogP contribution in [0.1, 0.15) is 25.3 Å². The largest absolute Gasteiger partial charge is 0.373 e. The molecule has 0 radical (unpaired) electrons. The predicted octanol–water partition coefficient (Wildman–Crippen LogP) is 1.84. The van der Waals surface area contributed by atoms with Gasteiger partial charge in [-0.25, -0.2) is 4.79 Å². The Morgan fingerprint density at radius 2 is 2.37 bits per heavy atom. The second kappa shape index (κ2) is 6.04. The van der Waals surface area contributed by atoms with Gasteiger partial charge >= 0.3 is 6.03 Å². The highest BCUT2D eigenvalue weighted by Crippen LogP contribution is 2.23. The van der Waals surface area contributed by atoms with Crippen molar-refractivity contribution in [3.05, 3.63) is 29.8 Å². The summed E-state index contributed by atoms with van der Waals surface area (Å²) in [6.07, 6.45) is 2.04. The van der Waals surface area contributed by atoms with Crippen molar-refractivity contribution in [1.82, 2.24) is 5.32 Å². The van der Waals surface area contributed by atoms with Crippen LogP contribution in [-0.4, -0.2) is 24.8 Å². The van der Waals surface area contributed by atoms with Crippen molar-refractivity contribution >= 4 is 11.7 Å². The molecule has 1 aromatic rings. The van der Waals surface area contributed by atoms with Gasteiger partial charge in [-0.05, 0) is 37.5 Å². The molecule has 2 rings (SSSR count). The zero-order valence-corrected chi connectivity index (χ0v) is 11.2. The van der Waals surface area contributed by atoms with E-state index >= 15 is 0 Å². The molecule has 1 fully saturated rings. The summed E-state index contributed by atoms with van der Waals surface area (Å²) >= 11 is 0. The van der Waals surface area contributed by atoms with Gasteiger partial charge in [0.25, 0.3) is 0 Å². The summed E-state index contributed by atoms with van der Waals surface area (Å²) in [4.78, 5) is 11.8. The molecule has 0 aliphatic carbocycles. The quantitative estimate of drug-likeness (QED) is 0.775. The molecular formula is C14H21N3O2. The van der Waals surface area contributed by atoms with Gasteiger partial charge < -0.3 is 21.1 Å². The second-order valence-electron chi connectivity index (χ2n) is 5.11. The molecule has 0 spiro atoms. The van der Waals surface area contributed by atoms with E-state index in [4.69, 9.17) is 10.5 Å². The third-order valence-corrected chi connectivity index (χ3v) is 3.34. The number of amides is 2. The van der Waals surface area contributed by atoms with E-state index in [-0.39, 0.29) is 11.6 Å². The molecule has 104 valence electrons. The van der Waals surface area contributed by atoms with Crippen LogP contribution < -0.4 is 16.4 Å². The molecular weight excluding hydrogens is 242 g/mol. The average Bonchev–Trinajstić information content (AvgIpc) is 2.84. The molecule has 4 N–H and O–H groups in total. The lowest BCUT2D eigenvalue weighted by atomic mass is 10.0. The van der Waals surface area contributed by atoms with Crippen molar-refractivity contribution in [1.29, 1.82) is 0 Å². The number of hydrogen-bond acceptors (Lipinski definition) is 3. The third kappa shape index (κ3) is 3.94. The van der Waals surface area contributed by atoms with Crippen LogP contribution in [0.2, 0.25) is 0 Å². The lowest BCUT2D eigenvalue weighted by Crippen LogP contribution is -2.41. The van der Waals surface area contributed by atoms with Gasteiger partial charge in [0.2, 0.25) is 0 Å². The zero-order valence-electron chi connectivity index (χ0n) is 11.2. The number of ether oxygens (including phenoxy) is 1. The number of benzene rings is 1. The SMILES string of the molecule is CC1(CNC(=O)Nc2cccc(CN)c2)CCCO1. The molecule has 1 aliphatic rings. The van der Waals surface area contributed by atoms with Crippen LogP contribution in [0.25, 0.3) is 0 Å². The maximum atomic E-state index is 11.8. The fourth-order valence-electron chi connectivity index (χ4n) is 2.19. The fraction of sp³-hybridized carbons (Fsp3) is 0.500. The van der Waals surface area contributed by atoms with Crippen molar-refractivity contribution in [2.75, 3.05) is 18.5 Å². The average molecular weight is 263 g/mol. The molecule has 19 heavy (non-hydrogen) atoms. The van der Waals surface area contributed by atoms with Gasteiger partial charge in [-0.15, -0.1) is 0 Å². The second-order valence-corrected chi connectivity index (χ2v) is 5.11. The minimum atomic E-state index is -0.226. The summed E-state index contributed by atoms with van der Waals surface area (Å²) in [6.45, 7) is 3.78. The normalized spacial score (nSPS) is 22.2. The Labute approximate surface area is 113 Å². The van der Waals surface area contributed by atoms with Crippen LogP contribution in [-0.2, 0) is 11.3 Å². The van der Waals surface area contributed by atoms with E-state index < -0.39 is 0 Å². The van der Waals surface area contributed by atoms with Crippen molar-refractivity contribution in [2.24, 2.45) is 5.73 Å². The standard InChI is InChI=1S/C14H21N3O2/c1-14(6-3-7-19-14)10-16-13(18)17-12-5-2-4-11(8-12)9-15/h2,4-5,8H,3,6-7,9-10,15H2,1H3,(H2,16,17,18). The Morgan fingerprint density at radius 3 is 3.05 bits per heavy atom. The van der Waals surface area contributed by atoms with E-state index in [2.05, 4.69) is 10.6 Å². The lowest BCUT2D eigenvalue weighted by molar-refractivity contribution is 0.0232. The first-order valence-electron chi connectivity index (χ1n) is 6.59. The first-order chi connectivity index (χ1) is 9.11. The van der Waals surface area contributed by atoms with E-state index in [1.807, 2.05) is 31.2 Å². The summed E-state index contributed by atoms with van der Waals surface area (Å²) in [6, 6.07) is 7.29. The molecule has 0 aromatic heterocycles. The number of nitrogens with one attached hydrogen (secondary N) is 2. The van der Waals surface area contributed by atoms with E-state index in [9.17, 15) is 4.79 Å². The molecule has 1 heterocycles. The van der Waals surface area contributed by atoms with Gasteiger partial charge in [0.1, 0.15) is 0 Å². The van der Waals surface area contributed by atoms with Crippen LogP contribution >= 0.6 is 0 Å². The minimum Gasteiger partial charge on any atom is -0.373 e. The van der Waals surface area contributed by atoms with E-state index in [0.717, 1.165) is 30.7 Å². The molecule has 1 unspecified atom stereocenters. The highest BCUT2D eigenvalue weighted by atomic mass is 16.5. The number of hydrogen-bond donors (Lipinski definition) is 3. The Kier molecular flexibility index (Phi) is 4.39. The summed E-state index contributed by atoms with van der Waals surface area (Å²) < 4.78 is 5.62. The van der Waals surface area contributed by atoms with Gasteiger partial charge in [0.05, 0.1) is 5.60 Å². The maximum absolute atomic E-state index is 11.8. The van der Waals surface area contributed by atoms with Crippen molar-refractivity contribution in [3.8, 4) is 0 Å². The first kappa shape index (κ1) is 13.8. The van der Waals surface area contributed by atoms with Crippen molar-refractivity contribution in [2.45, 2.75) is 31.9 Å². The lowest BCUT2D eigenvalue weighted by Gasteiger charge is -2.23. The van der Waals surface area contributed by atoms with Crippen LogP contribution in [0.5, 0.6) is 0 Å². The smallest absolute Gasteiger partial charge is 0.319 e. The summed E-state index contributed by atoms with van der Waals surface area (Å²) in [7, 11) is 0. The number of carbonyl (C=O) groups is 1. The molecule has 5 nitrogen and oxygen atoms in total. The van der Waals surface area contributed by atoms with E-state index in [1.54, 1.807) is 0 Å². The monoisotopic (exact) mass is 263 g/mol. The fourth-order valence-corrected chi connectivity index (χ4v) is 2.19. The van der Waals surface area contributed by atoms with Gasteiger partial charge in [-0.2, -0.15) is 0 Å². The summed E-state index contributed by atoms with van der Waals surface area (Å²) in [5, 5.41) is 5.64. The maximum Gasteiger partial charge on any atom is 0.319 e. The zero-order chi connectivity index (χ0) is 13.7. The van der Waals surface area contributed by atoms with Gasteiger partial charge in [0.15, 0.2) is 0 Å². The van der Waals surface area contributed by atoms with Crippen LogP contribution in [0.4, 0.5) is 10.5 Å². The van der Waals surface area contributed by atoms with Crippen molar-refractivity contribution < 1.29 is 9.53 Å². The van der Waals surface area contributed by atoms with Gasteiger partial charge in [0, 0.05) is 25.4 Å². The Morgan fingerprint density at radius 1 is 1.53 bits per heavy atom. The van der Waals surface area contributed by atoms with Crippen LogP contribution in [0.3, 0.4) is 0 Å². The highest BCUT2D eigenvalue weighted by molar-refractivity contribution is 5.89. The molecule has 5 heteroatoms. The van der Waals surface area contributed by atoms with E-state index in [0.29, 0.717) is 13.1 Å². The molecule has 1 aliphatic heterocycles. The Hall–Kier alpha value is -1.59. The topological polar surface area (TPSA) is 76.4 Å². The Bertz CT molecular complexity index is 442. The number of rotatable bonds is 4. The highest BCUT2D eigenvalue weighted by Gasteiger charge is 2.29. The van der Waals surface area contributed by atoms with Crippen molar-refractivity contribution in [3.63, 3.8) is 0 Å². The predicted molar refractivity (Wildman–Crippen MR) is 74.9 cm³/mol. The third-order valence-electron chi connectivity index (χ3n) is 3.34. The number of urea groups is 1. The molecule has 2 amide bonds. The molecule has 1 atom stereocenters. The minimum absolute atomic E-state index is 0.217. The van der Waals surface area contributed by atoms with Crippen LogP contribution in [0, 0.1) is 0 Å².